The molecule has 0 aliphatic carbocycles. The van der Waals surface area contributed by atoms with Gasteiger partial charge in [-0.1, -0.05) is 13.3 Å². The van der Waals surface area contributed by atoms with Gasteiger partial charge in [-0.3, -0.25) is 4.79 Å². The third-order valence-corrected chi connectivity index (χ3v) is 2.20. The molecule has 1 aromatic rings. The van der Waals surface area contributed by atoms with E-state index in [4.69, 9.17) is 10.00 Å². The van der Waals surface area contributed by atoms with Crippen molar-refractivity contribution >= 4 is 5.97 Å². The van der Waals surface area contributed by atoms with Crippen molar-refractivity contribution in [3.8, 4) is 6.07 Å². The first-order chi connectivity index (χ1) is 8.22. The zero-order valence-electron chi connectivity index (χ0n) is 10.0. The lowest BCUT2D eigenvalue weighted by molar-refractivity contribution is -0.143. The molecule has 0 spiro atoms. The Labute approximate surface area is 100 Å². The summed E-state index contributed by atoms with van der Waals surface area (Å²) in [6, 6.07) is 3.60. The van der Waals surface area contributed by atoms with Crippen molar-refractivity contribution in [2.24, 2.45) is 0 Å². The van der Waals surface area contributed by atoms with E-state index in [0.717, 1.165) is 18.5 Å². The van der Waals surface area contributed by atoms with Gasteiger partial charge in [0, 0.05) is 5.69 Å². The summed E-state index contributed by atoms with van der Waals surface area (Å²) in [5, 5.41) is 8.99. The van der Waals surface area contributed by atoms with E-state index < -0.39 is 11.9 Å². The number of aromatic nitrogens is 2. The molecule has 0 bridgehead atoms. The topological polar surface area (TPSA) is 75.9 Å². The van der Waals surface area contributed by atoms with Crippen LogP contribution in [0, 0.1) is 11.3 Å². The minimum atomic E-state index is -0.964. The van der Waals surface area contributed by atoms with Gasteiger partial charge < -0.3 is 4.74 Å². The van der Waals surface area contributed by atoms with Crippen LogP contribution >= 0.6 is 0 Å². The Morgan fingerprint density at radius 1 is 1.53 bits per heavy atom. The van der Waals surface area contributed by atoms with Crippen molar-refractivity contribution in [1.29, 1.82) is 5.26 Å². The maximum atomic E-state index is 11.5. The Bertz CT molecular complexity index is 426. The molecule has 5 heteroatoms. The summed E-state index contributed by atoms with van der Waals surface area (Å²) in [5.74, 6) is -1.52. The first-order valence-electron chi connectivity index (χ1n) is 5.60. The monoisotopic (exact) mass is 233 g/mol. The third-order valence-electron chi connectivity index (χ3n) is 2.20. The number of hydrogen-bond acceptors (Lipinski definition) is 5. The van der Waals surface area contributed by atoms with E-state index in [0.29, 0.717) is 5.69 Å². The fourth-order valence-electron chi connectivity index (χ4n) is 1.43. The van der Waals surface area contributed by atoms with E-state index in [9.17, 15) is 4.79 Å². The molecule has 0 saturated heterocycles. The fourth-order valence-corrected chi connectivity index (χ4v) is 1.43. The molecule has 0 aliphatic heterocycles. The molecule has 1 heterocycles. The average molecular weight is 233 g/mol. The summed E-state index contributed by atoms with van der Waals surface area (Å²) < 4.78 is 4.83. The molecule has 1 aromatic heterocycles. The van der Waals surface area contributed by atoms with Crippen LogP contribution in [0.4, 0.5) is 0 Å². The van der Waals surface area contributed by atoms with Crippen molar-refractivity contribution in [2.75, 3.05) is 6.61 Å². The van der Waals surface area contributed by atoms with Gasteiger partial charge in [-0.2, -0.15) is 5.26 Å². The Kier molecular flexibility index (Phi) is 5.08. The summed E-state index contributed by atoms with van der Waals surface area (Å²) in [6.07, 6.45) is 3.13. The molecule has 5 nitrogen and oxygen atoms in total. The Morgan fingerprint density at radius 3 is 2.88 bits per heavy atom. The van der Waals surface area contributed by atoms with Gasteiger partial charge in [-0.25, -0.2) is 9.97 Å². The quantitative estimate of drug-likeness (QED) is 0.722. The van der Waals surface area contributed by atoms with E-state index >= 15 is 0 Å². The molecule has 90 valence electrons. The summed E-state index contributed by atoms with van der Waals surface area (Å²) in [5.41, 5.74) is 1.24. The highest BCUT2D eigenvalue weighted by molar-refractivity contribution is 5.80. The zero-order valence-corrected chi connectivity index (χ0v) is 10.0. The number of carbonyl (C=O) groups is 1. The number of aryl methyl sites for hydroxylation is 1. The predicted octanol–water partition coefficient (Wildman–Crippen LogP) is 1.60. The third kappa shape index (κ3) is 3.52. The second-order valence-corrected chi connectivity index (χ2v) is 3.50. The van der Waals surface area contributed by atoms with E-state index in [1.54, 1.807) is 13.0 Å². The van der Waals surface area contributed by atoms with Crippen LogP contribution in [-0.2, 0) is 16.0 Å². The molecular weight excluding hydrogens is 218 g/mol. The van der Waals surface area contributed by atoms with Gasteiger partial charge >= 0.3 is 5.97 Å². The van der Waals surface area contributed by atoms with Gasteiger partial charge in [0.25, 0.3) is 0 Å². The minimum Gasteiger partial charge on any atom is -0.465 e. The number of hydrogen-bond donors (Lipinski definition) is 0. The second kappa shape index (κ2) is 6.59. The highest BCUT2D eigenvalue weighted by Crippen LogP contribution is 2.15. The van der Waals surface area contributed by atoms with Crippen LogP contribution in [0.15, 0.2) is 12.4 Å². The molecular formula is C12H15N3O2. The highest BCUT2D eigenvalue weighted by atomic mass is 16.5. The molecule has 17 heavy (non-hydrogen) atoms. The van der Waals surface area contributed by atoms with Crippen LogP contribution in [-0.4, -0.2) is 22.5 Å². The van der Waals surface area contributed by atoms with Crippen LogP contribution < -0.4 is 0 Å². The van der Waals surface area contributed by atoms with E-state index in [-0.39, 0.29) is 6.61 Å². The lowest BCUT2D eigenvalue weighted by Gasteiger charge is -2.08. The second-order valence-electron chi connectivity index (χ2n) is 3.50. The Morgan fingerprint density at radius 2 is 2.29 bits per heavy atom. The number of nitriles is 1. The largest absolute Gasteiger partial charge is 0.465 e. The molecule has 1 atom stereocenters. The predicted molar refractivity (Wildman–Crippen MR) is 61.0 cm³/mol. The number of nitrogens with zero attached hydrogens (tertiary/aromatic N) is 3. The van der Waals surface area contributed by atoms with Gasteiger partial charge in [0.15, 0.2) is 5.92 Å². The Balaban J connectivity index is 2.92. The number of carbonyl (C=O) groups excluding carboxylic acids is 1. The van der Waals surface area contributed by atoms with Crippen molar-refractivity contribution < 1.29 is 9.53 Å². The van der Waals surface area contributed by atoms with E-state index in [1.165, 1.54) is 6.33 Å². The zero-order chi connectivity index (χ0) is 12.7. The lowest BCUT2D eigenvalue weighted by atomic mass is 10.1. The molecule has 0 aromatic carbocycles. The lowest BCUT2D eigenvalue weighted by Crippen LogP contribution is -2.16. The van der Waals surface area contributed by atoms with E-state index in [2.05, 4.69) is 9.97 Å². The van der Waals surface area contributed by atoms with Gasteiger partial charge in [0.1, 0.15) is 6.33 Å². The summed E-state index contributed by atoms with van der Waals surface area (Å²) in [4.78, 5) is 19.6. The van der Waals surface area contributed by atoms with Crippen LogP contribution in [0.3, 0.4) is 0 Å². The maximum Gasteiger partial charge on any atom is 0.329 e. The smallest absolute Gasteiger partial charge is 0.329 e. The van der Waals surface area contributed by atoms with Crippen LogP contribution in [0.25, 0.3) is 0 Å². The maximum absolute atomic E-state index is 11.5. The number of esters is 1. The molecule has 0 amide bonds. The minimum absolute atomic E-state index is 0.254. The van der Waals surface area contributed by atoms with Crippen LogP contribution in [0.2, 0.25) is 0 Å². The van der Waals surface area contributed by atoms with Crippen molar-refractivity contribution in [2.45, 2.75) is 32.6 Å². The van der Waals surface area contributed by atoms with Crippen molar-refractivity contribution in [3.63, 3.8) is 0 Å². The molecule has 0 N–H and O–H groups in total. The van der Waals surface area contributed by atoms with E-state index in [1.807, 2.05) is 13.0 Å². The molecule has 1 unspecified atom stereocenters. The molecule has 0 fully saturated rings. The Hall–Kier alpha value is -1.96. The molecule has 0 aliphatic rings. The van der Waals surface area contributed by atoms with Gasteiger partial charge in [-0.15, -0.1) is 0 Å². The molecule has 0 radical (unpaired) electrons. The molecule has 1 rings (SSSR count). The average Bonchev–Trinajstić information content (AvgIpc) is 2.31. The van der Waals surface area contributed by atoms with Crippen LogP contribution in [0.1, 0.15) is 37.6 Å². The van der Waals surface area contributed by atoms with Gasteiger partial charge in [-0.05, 0) is 19.4 Å². The summed E-state index contributed by atoms with van der Waals surface area (Å²) in [7, 11) is 0. The highest BCUT2D eigenvalue weighted by Gasteiger charge is 2.23. The number of ether oxygens (including phenoxy) is 1. The van der Waals surface area contributed by atoms with Gasteiger partial charge in [0.05, 0.1) is 18.4 Å². The first-order valence-corrected chi connectivity index (χ1v) is 5.60. The van der Waals surface area contributed by atoms with Gasteiger partial charge in [0.2, 0.25) is 0 Å². The van der Waals surface area contributed by atoms with Crippen molar-refractivity contribution in [3.05, 3.63) is 23.8 Å². The summed E-state index contributed by atoms with van der Waals surface area (Å²) in [6.45, 7) is 3.99. The SMILES string of the molecule is CCCc1cc(C(C#N)C(=O)OCC)ncn1. The molecule has 0 saturated carbocycles. The first kappa shape index (κ1) is 13.1. The fraction of sp³-hybridized carbons (Fsp3) is 0.500. The van der Waals surface area contributed by atoms with Crippen LogP contribution in [0.5, 0.6) is 0 Å². The summed E-state index contributed by atoms with van der Waals surface area (Å²) >= 11 is 0. The standard InChI is InChI=1S/C12H15N3O2/c1-3-5-9-6-11(15-8-14-9)10(7-13)12(16)17-4-2/h6,8,10H,3-5H2,1-2H3. The number of rotatable bonds is 5. The normalized spacial score (nSPS) is 11.6. The van der Waals surface area contributed by atoms with Crippen molar-refractivity contribution in [1.82, 2.24) is 9.97 Å².